The van der Waals surface area contributed by atoms with Crippen LogP contribution < -0.4 is 15.2 Å². The van der Waals surface area contributed by atoms with Gasteiger partial charge in [-0.2, -0.15) is 14.1 Å². The Bertz CT molecular complexity index is 1360. The SMILES string of the molecule is CCCCCCCOc1c(N2CCN(S(=O)(=O)c3cccs3)CC2)cnn(-c2ccc(Cl)c(Cl)c2)c1=O. The molecule has 8 nitrogen and oxygen atoms in total. The summed E-state index contributed by atoms with van der Waals surface area (Å²) in [6.07, 6.45) is 6.90. The van der Waals surface area contributed by atoms with Crippen molar-refractivity contribution < 1.29 is 13.2 Å². The van der Waals surface area contributed by atoms with Gasteiger partial charge in [0.05, 0.1) is 28.5 Å². The van der Waals surface area contributed by atoms with Crippen LogP contribution in [0.5, 0.6) is 5.75 Å². The molecule has 37 heavy (non-hydrogen) atoms. The van der Waals surface area contributed by atoms with Gasteiger partial charge in [-0.15, -0.1) is 11.3 Å². The highest BCUT2D eigenvalue weighted by Gasteiger charge is 2.31. The van der Waals surface area contributed by atoms with Gasteiger partial charge < -0.3 is 9.64 Å². The smallest absolute Gasteiger partial charge is 0.316 e. The molecule has 4 rings (SSSR count). The molecule has 0 atom stereocenters. The lowest BCUT2D eigenvalue weighted by atomic mass is 10.2. The molecule has 1 aliphatic heterocycles. The number of thiophene rings is 1. The quantitative estimate of drug-likeness (QED) is 0.278. The Morgan fingerprint density at radius 2 is 1.78 bits per heavy atom. The third-order valence-corrected chi connectivity index (χ3v) is 10.2. The van der Waals surface area contributed by atoms with Crippen molar-refractivity contribution in [1.82, 2.24) is 14.1 Å². The number of halogens is 2. The predicted molar refractivity (Wildman–Crippen MR) is 149 cm³/mol. The molecule has 2 aromatic heterocycles. The van der Waals surface area contributed by atoms with E-state index in [0.717, 1.165) is 25.7 Å². The molecule has 0 N–H and O–H groups in total. The number of aromatic nitrogens is 2. The molecule has 0 aliphatic carbocycles. The molecule has 0 radical (unpaired) electrons. The summed E-state index contributed by atoms with van der Waals surface area (Å²) in [5, 5.41) is 6.84. The molecule has 0 amide bonds. The van der Waals surface area contributed by atoms with Crippen molar-refractivity contribution in [2.24, 2.45) is 0 Å². The minimum Gasteiger partial charge on any atom is -0.486 e. The first-order valence-corrected chi connectivity index (χ1v) is 15.4. The van der Waals surface area contributed by atoms with Gasteiger partial charge in [0.2, 0.25) is 5.75 Å². The largest absolute Gasteiger partial charge is 0.486 e. The molecular weight excluding hydrogens is 555 g/mol. The number of ether oxygens (including phenoxy) is 1. The van der Waals surface area contributed by atoms with E-state index in [1.54, 1.807) is 41.9 Å². The van der Waals surface area contributed by atoms with Gasteiger partial charge in [-0.25, -0.2) is 8.42 Å². The Labute approximate surface area is 231 Å². The number of sulfonamides is 1. The third-order valence-electron chi connectivity index (χ3n) is 6.23. The highest BCUT2D eigenvalue weighted by atomic mass is 35.5. The normalized spacial score (nSPS) is 14.7. The highest BCUT2D eigenvalue weighted by molar-refractivity contribution is 7.91. The van der Waals surface area contributed by atoms with E-state index >= 15 is 0 Å². The molecule has 1 saturated heterocycles. The van der Waals surface area contributed by atoms with Crippen molar-refractivity contribution in [1.29, 1.82) is 0 Å². The average Bonchev–Trinajstić information content (AvgIpc) is 3.45. The van der Waals surface area contributed by atoms with Crippen LogP contribution in [0.3, 0.4) is 0 Å². The second-order valence-corrected chi connectivity index (χ2v) is 12.7. The van der Waals surface area contributed by atoms with E-state index < -0.39 is 15.6 Å². The average molecular weight is 586 g/mol. The molecule has 3 heterocycles. The monoisotopic (exact) mass is 584 g/mol. The van der Waals surface area contributed by atoms with Crippen molar-refractivity contribution >= 4 is 50.2 Å². The first kappa shape index (κ1) is 27.9. The van der Waals surface area contributed by atoms with Crippen LogP contribution in [0.2, 0.25) is 10.0 Å². The number of hydrogen-bond acceptors (Lipinski definition) is 7. The molecule has 12 heteroatoms. The van der Waals surface area contributed by atoms with Crippen molar-refractivity contribution in [2.45, 2.75) is 43.2 Å². The van der Waals surface area contributed by atoms with Crippen LogP contribution in [0.25, 0.3) is 5.69 Å². The van der Waals surface area contributed by atoms with Crippen LogP contribution in [-0.4, -0.2) is 55.3 Å². The van der Waals surface area contributed by atoms with Gasteiger partial charge in [0, 0.05) is 26.2 Å². The number of nitrogens with zero attached hydrogens (tertiary/aromatic N) is 4. The van der Waals surface area contributed by atoms with E-state index in [4.69, 9.17) is 27.9 Å². The molecule has 0 saturated carbocycles. The Morgan fingerprint density at radius 3 is 2.46 bits per heavy atom. The lowest BCUT2D eigenvalue weighted by Crippen LogP contribution is -2.49. The van der Waals surface area contributed by atoms with E-state index in [0.29, 0.717) is 58.4 Å². The summed E-state index contributed by atoms with van der Waals surface area (Å²) in [4.78, 5) is 15.5. The molecule has 1 fully saturated rings. The Kier molecular flexibility index (Phi) is 9.52. The zero-order valence-corrected chi connectivity index (χ0v) is 23.8. The molecule has 1 aromatic carbocycles. The number of benzene rings is 1. The maximum Gasteiger partial charge on any atom is 0.316 e. The van der Waals surface area contributed by atoms with Gasteiger partial charge in [0.1, 0.15) is 9.90 Å². The molecule has 200 valence electrons. The number of unbranched alkanes of at least 4 members (excludes halogenated alkanes) is 4. The van der Waals surface area contributed by atoms with E-state index in [-0.39, 0.29) is 5.75 Å². The zero-order chi connectivity index (χ0) is 26.4. The van der Waals surface area contributed by atoms with Gasteiger partial charge in [0.25, 0.3) is 10.0 Å². The molecule has 0 unspecified atom stereocenters. The summed E-state index contributed by atoms with van der Waals surface area (Å²) >= 11 is 13.4. The van der Waals surface area contributed by atoms with Crippen LogP contribution in [0.1, 0.15) is 39.0 Å². The van der Waals surface area contributed by atoms with Crippen LogP contribution in [0.15, 0.2) is 50.9 Å². The van der Waals surface area contributed by atoms with Gasteiger partial charge in [-0.05, 0) is 36.1 Å². The molecule has 0 bridgehead atoms. The first-order chi connectivity index (χ1) is 17.8. The lowest BCUT2D eigenvalue weighted by Gasteiger charge is -2.35. The molecule has 3 aromatic rings. The fourth-order valence-corrected chi connectivity index (χ4v) is 7.04. The fraction of sp³-hybridized carbons (Fsp3) is 0.440. The van der Waals surface area contributed by atoms with Crippen LogP contribution in [-0.2, 0) is 10.0 Å². The van der Waals surface area contributed by atoms with Crippen molar-refractivity contribution in [2.75, 3.05) is 37.7 Å². The fourth-order valence-electron chi connectivity index (χ4n) is 4.18. The molecule has 1 aliphatic rings. The van der Waals surface area contributed by atoms with Gasteiger partial charge in [-0.1, -0.05) is 61.9 Å². The summed E-state index contributed by atoms with van der Waals surface area (Å²) in [6.45, 7) is 3.99. The van der Waals surface area contributed by atoms with E-state index in [2.05, 4.69) is 12.0 Å². The number of hydrogen-bond donors (Lipinski definition) is 0. The van der Waals surface area contributed by atoms with E-state index in [1.807, 2.05) is 4.90 Å². The van der Waals surface area contributed by atoms with Crippen LogP contribution in [0, 0.1) is 0 Å². The van der Waals surface area contributed by atoms with Crippen molar-refractivity contribution in [3.8, 4) is 11.4 Å². The Hall–Kier alpha value is -2.11. The van der Waals surface area contributed by atoms with E-state index in [9.17, 15) is 13.2 Å². The summed E-state index contributed by atoms with van der Waals surface area (Å²) in [6, 6.07) is 8.22. The molecular formula is C25H30Cl2N4O4S2. The first-order valence-electron chi connectivity index (χ1n) is 12.3. The maximum absolute atomic E-state index is 13.5. The number of rotatable bonds is 11. The third kappa shape index (κ3) is 6.49. The number of piperazine rings is 1. The second-order valence-electron chi connectivity index (χ2n) is 8.76. The Morgan fingerprint density at radius 1 is 1.03 bits per heavy atom. The maximum atomic E-state index is 13.5. The topological polar surface area (TPSA) is 84.7 Å². The van der Waals surface area contributed by atoms with Crippen molar-refractivity contribution in [3.05, 3.63) is 62.3 Å². The second kappa shape index (κ2) is 12.6. The van der Waals surface area contributed by atoms with Crippen molar-refractivity contribution in [3.63, 3.8) is 0 Å². The Balaban J connectivity index is 1.57. The summed E-state index contributed by atoms with van der Waals surface area (Å²) in [7, 11) is -3.53. The van der Waals surface area contributed by atoms with Gasteiger partial charge >= 0.3 is 5.56 Å². The standard InChI is InChI=1S/C25H30Cl2N4O4S2/c1-2-3-4-5-6-15-35-24-22(18-28-31(25(24)32)19-9-10-20(26)21(27)17-19)29-11-13-30(14-12-29)37(33,34)23-8-7-16-36-23/h7-10,16-18H,2-6,11-15H2,1H3. The summed E-state index contributed by atoms with van der Waals surface area (Å²) < 4.78 is 35.0. The lowest BCUT2D eigenvalue weighted by molar-refractivity contribution is 0.297. The van der Waals surface area contributed by atoms with Crippen LogP contribution in [0.4, 0.5) is 5.69 Å². The predicted octanol–water partition coefficient (Wildman–Crippen LogP) is 5.46. The highest BCUT2D eigenvalue weighted by Crippen LogP contribution is 2.29. The minimum atomic E-state index is -3.53. The molecule has 0 spiro atoms. The summed E-state index contributed by atoms with van der Waals surface area (Å²) in [5.74, 6) is 0.200. The summed E-state index contributed by atoms with van der Waals surface area (Å²) in [5.41, 5.74) is 0.631. The van der Waals surface area contributed by atoms with Gasteiger partial charge in [-0.3, -0.25) is 4.79 Å². The van der Waals surface area contributed by atoms with Crippen LogP contribution >= 0.6 is 34.5 Å². The minimum absolute atomic E-state index is 0.200. The number of anilines is 1. The van der Waals surface area contributed by atoms with E-state index in [1.165, 1.54) is 26.7 Å². The van der Waals surface area contributed by atoms with Gasteiger partial charge in [0.15, 0.2) is 0 Å². The zero-order valence-electron chi connectivity index (χ0n) is 20.6.